The summed E-state index contributed by atoms with van der Waals surface area (Å²) in [4.78, 5) is 14.9. The van der Waals surface area contributed by atoms with Gasteiger partial charge < -0.3 is 15.2 Å². The SMILES string of the molecule is CC(C)Oc1ccccc1Nc1cccc(C(=O)O)n1. The second-order valence-electron chi connectivity index (χ2n) is 4.50. The van der Waals surface area contributed by atoms with Gasteiger partial charge in [-0.05, 0) is 38.1 Å². The number of hydrogen-bond acceptors (Lipinski definition) is 4. The van der Waals surface area contributed by atoms with Gasteiger partial charge in [0.25, 0.3) is 0 Å². The minimum atomic E-state index is -1.06. The Morgan fingerprint density at radius 3 is 2.65 bits per heavy atom. The number of pyridine rings is 1. The molecule has 0 fully saturated rings. The third-order valence-corrected chi connectivity index (χ3v) is 2.48. The molecule has 0 aliphatic heterocycles. The van der Waals surface area contributed by atoms with Crippen molar-refractivity contribution in [3.8, 4) is 5.75 Å². The zero-order chi connectivity index (χ0) is 14.5. The first kappa shape index (κ1) is 13.9. The van der Waals surface area contributed by atoms with Crippen molar-refractivity contribution < 1.29 is 14.6 Å². The van der Waals surface area contributed by atoms with E-state index >= 15 is 0 Å². The van der Waals surface area contributed by atoms with Crippen molar-refractivity contribution in [1.82, 2.24) is 4.98 Å². The van der Waals surface area contributed by atoms with Crippen LogP contribution in [0.25, 0.3) is 0 Å². The lowest BCUT2D eigenvalue weighted by atomic mass is 10.2. The Labute approximate surface area is 117 Å². The van der Waals surface area contributed by atoms with Crippen LogP contribution in [-0.4, -0.2) is 22.2 Å². The first-order valence-electron chi connectivity index (χ1n) is 6.29. The zero-order valence-electron chi connectivity index (χ0n) is 11.3. The molecule has 0 bridgehead atoms. The van der Waals surface area contributed by atoms with Crippen LogP contribution in [0.15, 0.2) is 42.5 Å². The summed E-state index contributed by atoms with van der Waals surface area (Å²) in [5.74, 6) is 0.107. The number of nitrogens with zero attached hydrogens (tertiary/aromatic N) is 1. The van der Waals surface area contributed by atoms with Gasteiger partial charge in [0.2, 0.25) is 0 Å². The molecule has 0 unspecified atom stereocenters. The van der Waals surface area contributed by atoms with E-state index in [9.17, 15) is 4.79 Å². The molecule has 2 rings (SSSR count). The molecular weight excluding hydrogens is 256 g/mol. The average Bonchev–Trinajstić information content (AvgIpc) is 2.41. The van der Waals surface area contributed by atoms with Gasteiger partial charge in [-0.2, -0.15) is 0 Å². The Morgan fingerprint density at radius 1 is 1.20 bits per heavy atom. The molecule has 0 atom stereocenters. The van der Waals surface area contributed by atoms with Gasteiger partial charge in [-0.25, -0.2) is 9.78 Å². The van der Waals surface area contributed by atoms with Crippen LogP contribution in [0.5, 0.6) is 5.75 Å². The Morgan fingerprint density at radius 2 is 1.95 bits per heavy atom. The summed E-state index contributed by atoms with van der Waals surface area (Å²) in [7, 11) is 0. The monoisotopic (exact) mass is 272 g/mol. The molecule has 5 heteroatoms. The second kappa shape index (κ2) is 6.06. The van der Waals surface area contributed by atoms with Gasteiger partial charge in [0.1, 0.15) is 11.6 Å². The number of rotatable bonds is 5. The normalized spacial score (nSPS) is 10.3. The van der Waals surface area contributed by atoms with Crippen molar-refractivity contribution in [3.05, 3.63) is 48.2 Å². The minimum Gasteiger partial charge on any atom is -0.489 e. The zero-order valence-corrected chi connectivity index (χ0v) is 11.3. The lowest BCUT2D eigenvalue weighted by Crippen LogP contribution is -2.08. The highest BCUT2D eigenvalue weighted by atomic mass is 16.5. The maximum absolute atomic E-state index is 10.9. The summed E-state index contributed by atoms with van der Waals surface area (Å²) in [5.41, 5.74) is 0.744. The predicted octanol–water partition coefficient (Wildman–Crippen LogP) is 3.31. The molecule has 5 nitrogen and oxygen atoms in total. The Kier molecular flexibility index (Phi) is 4.20. The Balaban J connectivity index is 2.25. The van der Waals surface area contributed by atoms with Crippen LogP contribution in [0.1, 0.15) is 24.3 Å². The van der Waals surface area contributed by atoms with Gasteiger partial charge in [-0.15, -0.1) is 0 Å². The fraction of sp³-hybridized carbons (Fsp3) is 0.200. The number of ether oxygens (including phenoxy) is 1. The minimum absolute atomic E-state index is 0.00254. The molecule has 2 N–H and O–H groups in total. The van der Waals surface area contributed by atoms with E-state index in [1.807, 2.05) is 38.1 Å². The van der Waals surface area contributed by atoms with Gasteiger partial charge in [-0.1, -0.05) is 18.2 Å². The van der Waals surface area contributed by atoms with E-state index in [1.54, 1.807) is 12.1 Å². The van der Waals surface area contributed by atoms with Gasteiger partial charge in [0.15, 0.2) is 5.69 Å². The van der Waals surface area contributed by atoms with Gasteiger partial charge in [0.05, 0.1) is 11.8 Å². The standard InChI is InChI=1S/C15H16N2O3/c1-10(2)20-13-8-4-3-6-11(13)16-14-9-5-7-12(17-14)15(18)19/h3-10H,1-2H3,(H,16,17)(H,18,19). The number of carboxylic acid groups (broad SMARTS) is 1. The molecular formula is C15H16N2O3. The van der Waals surface area contributed by atoms with Crippen LogP contribution < -0.4 is 10.1 Å². The van der Waals surface area contributed by atoms with Gasteiger partial charge in [-0.3, -0.25) is 0 Å². The maximum Gasteiger partial charge on any atom is 0.354 e. The van der Waals surface area contributed by atoms with E-state index < -0.39 is 5.97 Å². The van der Waals surface area contributed by atoms with Crippen LogP contribution in [0.3, 0.4) is 0 Å². The second-order valence-corrected chi connectivity index (χ2v) is 4.50. The molecule has 1 aromatic carbocycles. The van der Waals surface area contributed by atoms with Crippen LogP contribution in [-0.2, 0) is 0 Å². The quantitative estimate of drug-likeness (QED) is 0.873. The molecule has 2 aromatic rings. The van der Waals surface area contributed by atoms with Crippen molar-refractivity contribution in [2.75, 3.05) is 5.32 Å². The number of aromatic carboxylic acids is 1. The predicted molar refractivity (Wildman–Crippen MR) is 76.7 cm³/mol. The summed E-state index contributed by atoms with van der Waals surface area (Å²) in [5, 5.41) is 12.0. The molecule has 104 valence electrons. The summed E-state index contributed by atoms with van der Waals surface area (Å²) in [6.07, 6.45) is 0.0521. The number of para-hydroxylation sites is 2. The highest BCUT2D eigenvalue weighted by molar-refractivity contribution is 5.86. The van der Waals surface area contributed by atoms with Gasteiger partial charge in [0, 0.05) is 0 Å². The molecule has 0 spiro atoms. The number of carboxylic acids is 1. The van der Waals surface area contributed by atoms with Crippen molar-refractivity contribution in [3.63, 3.8) is 0 Å². The lowest BCUT2D eigenvalue weighted by molar-refractivity contribution is 0.0690. The molecule has 20 heavy (non-hydrogen) atoms. The van der Waals surface area contributed by atoms with Crippen LogP contribution in [0.4, 0.5) is 11.5 Å². The number of aromatic nitrogens is 1. The van der Waals surface area contributed by atoms with E-state index in [0.29, 0.717) is 11.6 Å². The van der Waals surface area contributed by atoms with Crippen molar-refractivity contribution in [1.29, 1.82) is 0 Å². The molecule has 0 saturated heterocycles. The largest absolute Gasteiger partial charge is 0.489 e. The maximum atomic E-state index is 10.9. The van der Waals surface area contributed by atoms with Crippen LogP contribution >= 0.6 is 0 Å². The summed E-state index contributed by atoms with van der Waals surface area (Å²) in [6.45, 7) is 3.89. The third kappa shape index (κ3) is 3.47. The number of hydrogen-bond donors (Lipinski definition) is 2. The fourth-order valence-corrected chi connectivity index (χ4v) is 1.69. The van der Waals surface area contributed by atoms with E-state index in [4.69, 9.17) is 9.84 Å². The summed E-state index contributed by atoms with van der Waals surface area (Å²) in [6, 6.07) is 12.3. The molecule has 1 aromatic heterocycles. The molecule has 0 saturated carbocycles. The fourth-order valence-electron chi connectivity index (χ4n) is 1.69. The first-order valence-corrected chi connectivity index (χ1v) is 6.29. The lowest BCUT2D eigenvalue weighted by Gasteiger charge is -2.15. The highest BCUT2D eigenvalue weighted by Gasteiger charge is 2.08. The van der Waals surface area contributed by atoms with Crippen LogP contribution in [0.2, 0.25) is 0 Å². The average molecular weight is 272 g/mol. The highest BCUT2D eigenvalue weighted by Crippen LogP contribution is 2.27. The molecule has 0 aliphatic rings. The van der Waals surface area contributed by atoms with Crippen molar-refractivity contribution in [2.24, 2.45) is 0 Å². The number of nitrogens with one attached hydrogen (secondary N) is 1. The number of anilines is 2. The molecule has 1 heterocycles. The number of benzene rings is 1. The summed E-state index contributed by atoms with van der Waals surface area (Å²) >= 11 is 0. The van der Waals surface area contributed by atoms with Crippen LogP contribution in [0, 0.1) is 0 Å². The summed E-state index contributed by atoms with van der Waals surface area (Å²) < 4.78 is 5.69. The topological polar surface area (TPSA) is 71.5 Å². The number of carbonyl (C=O) groups is 1. The van der Waals surface area contributed by atoms with Crippen molar-refractivity contribution >= 4 is 17.5 Å². The molecule has 0 aliphatic carbocycles. The van der Waals surface area contributed by atoms with E-state index in [-0.39, 0.29) is 11.8 Å². The van der Waals surface area contributed by atoms with Crippen molar-refractivity contribution in [2.45, 2.75) is 20.0 Å². The molecule has 0 amide bonds. The third-order valence-electron chi connectivity index (χ3n) is 2.48. The van der Waals surface area contributed by atoms with E-state index in [1.165, 1.54) is 6.07 Å². The van der Waals surface area contributed by atoms with Gasteiger partial charge >= 0.3 is 5.97 Å². The Bertz CT molecular complexity index is 612. The smallest absolute Gasteiger partial charge is 0.354 e. The van der Waals surface area contributed by atoms with E-state index in [0.717, 1.165) is 5.69 Å². The van der Waals surface area contributed by atoms with E-state index in [2.05, 4.69) is 10.3 Å². The Hall–Kier alpha value is -2.56. The molecule has 0 radical (unpaired) electrons. The first-order chi connectivity index (χ1) is 9.56.